The minimum atomic E-state index is 0. The molecule has 2 aromatic carbocycles. The van der Waals surface area contributed by atoms with Gasteiger partial charge in [0.1, 0.15) is 17.0 Å². The molecule has 1 N–H and O–H groups in total. The highest BCUT2D eigenvalue weighted by Gasteiger charge is 2.16. The van der Waals surface area contributed by atoms with Crippen molar-refractivity contribution in [3.05, 3.63) is 42.5 Å². The molecule has 0 bridgehead atoms. The van der Waals surface area contributed by atoms with Gasteiger partial charge in [-0.15, -0.1) is 0 Å². The van der Waals surface area contributed by atoms with Crippen LogP contribution in [0.15, 0.2) is 52.7 Å². The Morgan fingerprint density at radius 3 is 2.52 bits per heavy atom. The van der Waals surface area contributed by atoms with Crippen molar-refractivity contribution in [2.45, 2.75) is 6.92 Å². The number of hydrogen-bond donors (Lipinski definition) is 1. The Bertz CT molecular complexity index is 912. The third kappa shape index (κ3) is 4.74. The van der Waals surface area contributed by atoms with E-state index in [0.29, 0.717) is 6.54 Å². The molecule has 0 spiro atoms. The fourth-order valence-electron chi connectivity index (χ4n) is 2.76. The number of azo groups is 1. The van der Waals surface area contributed by atoms with E-state index in [2.05, 4.69) is 22.1 Å². The lowest BCUT2D eigenvalue weighted by molar-refractivity contribution is -0.627. The molecule has 0 saturated carbocycles. The molecule has 0 aliphatic rings. The second-order valence-electron chi connectivity index (χ2n) is 5.80. The normalized spacial score (nSPS) is 11.0. The third-order valence-electron chi connectivity index (χ3n) is 4.23. The monoisotopic (exact) mass is 406 g/mol. The molecule has 1 aromatic heterocycles. The van der Waals surface area contributed by atoms with Crippen molar-refractivity contribution in [3.8, 4) is 5.75 Å². The zero-order valence-corrected chi connectivity index (χ0v) is 17.2. The average molecular weight is 407 g/mol. The predicted octanol–water partition coefficient (Wildman–Crippen LogP) is 0.972. The van der Waals surface area contributed by atoms with Crippen LogP contribution < -0.4 is 26.6 Å². The van der Waals surface area contributed by atoms with Gasteiger partial charge in [-0.05, 0) is 59.8 Å². The van der Waals surface area contributed by atoms with Gasteiger partial charge in [0.2, 0.25) is 0 Å². The van der Waals surface area contributed by atoms with E-state index < -0.39 is 0 Å². The molecule has 6 nitrogen and oxygen atoms in total. The average Bonchev–Trinajstić information content (AvgIpc) is 3.00. The smallest absolute Gasteiger partial charge is 0.409 e. The van der Waals surface area contributed by atoms with Crippen LogP contribution in [-0.4, -0.2) is 31.9 Å². The summed E-state index contributed by atoms with van der Waals surface area (Å²) in [5.74, 6) is 0.835. The van der Waals surface area contributed by atoms with Gasteiger partial charge in [0.15, 0.2) is 0 Å². The van der Waals surface area contributed by atoms with Crippen LogP contribution in [0.2, 0.25) is 0 Å². The number of halogens is 1. The minimum absolute atomic E-state index is 0. The first-order valence-electron chi connectivity index (χ1n) is 8.50. The molecule has 0 fully saturated rings. The van der Waals surface area contributed by atoms with Crippen LogP contribution >= 0.6 is 11.3 Å². The zero-order valence-electron chi connectivity index (χ0n) is 15.6. The van der Waals surface area contributed by atoms with E-state index in [-0.39, 0.29) is 19.0 Å². The molecule has 0 aliphatic carbocycles. The molecule has 0 amide bonds. The van der Waals surface area contributed by atoms with E-state index in [9.17, 15) is 0 Å². The Morgan fingerprint density at radius 2 is 1.89 bits per heavy atom. The van der Waals surface area contributed by atoms with Gasteiger partial charge in [-0.25, -0.2) is 4.57 Å². The molecule has 27 heavy (non-hydrogen) atoms. The molecule has 0 aliphatic heterocycles. The van der Waals surface area contributed by atoms with Crippen molar-refractivity contribution in [3.63, 3.8) is 0 Å². The van der Waals surface area contributed by atoms with E-state index in [1.807, 2.05) is 54.1 Å². The largest absolute Gasteiger partial charge is 1.00 e. The topological polar surface area (TPSA) is 61.3 Å². The van der Waals surface area contributed by atoms with Gasteiger partial charge >= 0.3 is 5.13 Å². The number of ether oxygens (including phenoxy) is 1. The molecule has 3 aromatic rings. The molecule has 8 heteroatoms. The summed E-state index contributed by atoms with van der Waals surface area (Å²) in [6, 6.07) is 13.9. The fourth-order valence-corrected chi connectivity index (χ4v) is 3.76. The first-order valence-corrected chi connectivity index (χ1v) is 9.32. The molecular formula is C19H23ClN4O2S. The number of methoxy groups -OCH3 is 1. The maximum absolute atomic E-state index is 9.13. The van der Waals surface area contributed by atoms with E-state index in [0.717, 1.165) is 39.0 Å². The molecule has 3 rings (SSSR count). The van der Waals surface area contributed by atoms with Crippen molar-refractivity contribution in [1.82, 2.24) is 0 Å². The van der Waals surface area contributed by atoms with Crippen LogP contribution in [0.25, 0.3) is 10.2 Å². The maximum Gasteiger partial charge on any atom is 0.409 e. The number of fused-ring (bicyclic) bond motifs is 1. The molecule has 0 atom stereocenters. The lowest BCUT2D eigenvalue weighted by Gasteiger charge is -2.21. The van der Waals surface area contributed by atoms with Gasteiger partial charge in [-0.2, -0.15) is 0 Å². The number of anilines is 1. The first kappa shape index (κ1) is 21.1. The number of aliphatic hydroxyl groups excluding tert-OH is 1. The number of aryl methyl sites for hydroxylation is 1. The van der Waals surface area contributed by atoms with E-state index >= 15 is 0 Å². The van der Waals surface area contributed by atoms with E-state index in [1.54, 1.807) is 18.4 Å². The van der Waals surface area contributed by atoms with Gasteiger partial charge in [0, 0.05) is 24.8 Å². The molecule has 0 radical (unpaired) electrons. The van der Waals surface area contributed by atoms with Crippen LogP contribution in [0.5, 0.6) is 5.75 Å². The Kier molecular flexibility index (Phi) is 7.53. The summed E-state index contributed by atoms with van der Waals surface area (Å²) in [7, 11) is 3.65. The van der Waals surface area contributed by atoms with Crippen LogP contribution in [0.3, 0.4) is 0 Å². The summed E-state index contributed by atoms with van der Waals surface area (Å²) in [4.78, 5) is 2.11. The van der Waals surface area contributed by atoms with Crippen LogP contribution in [-0.2, 0) is 7.05 Å². The highest BCUT2D eigenvalue weighted by atomic mass is 35.5. The standard InChI is InChI=1S/C19H23N4O2S.ClH/c1-4-23(11-12-24)15-7-5-14(6-8-15)20-21-19-22(2)17-10-9-16(25-3)13-18(17)26-19;/h5-10,13,24H,4,11-12H2,1-3H3;1H/q+1;/p-1. The molecule has 144 valence electrons. The third-order valence-corrected chi connectivity index (χ3v) is 5.32. The number of likely N-dealkylation sites (N-methyl/N-ethyl adjacent to an activating group) is 1. The van der Waals surface area contributed by atoms with E-state index in [1.165, 1.54) is 0 Å². The van der Waals surface area contributed by atoms with Gasteiger partial charge in [-0.1, -0.05) is 0 Å². The Balaban J connectivity index is 0.00000261. The molecule has 1 heterocycles. The first-order chi connectivity index (χ1) is 12.7. The molecule has 0 saturated heterocycles. The molecule has 0 unspecified atom stereocenters. The number of aromatic nitrogens is 1. The van der Waals surface area contributed by atoms with Crippen LogP contribution in [0.1, 0.15) is 6.92 Å². The predicted molar refractivity (Wildman–Crippen MR) is 105 cm³/mol. The quantitative estimate of drug-likeness (QED) is 0.470. The fraction of sp³-hybridized carbons (Fsp3) is 0.316. The second kappa shape index (κ2) is 9.64. The van der Waals surface area contributed by atoms with Crippen molar-refractivity contribution in [2.75, 3.05) is 31.7 Å². The summed E-state index contributed by atoms with van der Waals surface area (Å²) in [5.41, 5.74) is 2.96. The van der Waals surface area contributed by atoms with Crippen molar-refractivity contribution < 1.29 is 26.8 Å². The SMILES string of the molecule is CCN(CCO)c1ccc(N=Nc2sc3cc(OC)ccc3[n+]2C)cc1.[Cl-]. The minimum Gasteiger partial charge on any atom is -1.00 e. The second-order valence-corrected chi connectivity index (χ2v) is 6.81. The highest BCUT2D eigenvalue weighted by molar-refractivity contribution is 7.21. The Hall–Kier alpha value is -2.22. The Labute approximate surface area is 169 Å². The van der Waals surface area contributed by atoms with Gasteiger partial charge < -0.3 is 27.2 Å². The lowest BCUT2D eigenvalue weighted by atomic mass is 10.2. The summed E-state index contributed by atoms with van der Waals surface area (Å²) in [5, 5.41) is 18.7. The number of nitrogens with zero attached hydrogens (tertiary/aromatic N) is 4. The summed E-state index contributed by atoms with van der Waals surface area (Å²) < 4.78 is 8.42. The highest BCUT2D eigenvalue weighted by Crippen LogP contribution is 2.30. The number of benzene rings is 2. The van der Waals surface area contributed by atoms with Crippen LogP contribution in [0, 0.1) is 0 Å². The van der Waals surface area contributed by atoms with Crippen molar-refractivity contribution in [2.24, 2.45) is 17.3 Å². The number of aliphatic hydroxyl groups is 1. The number of rotatable bonds is 7. The van der Waals surface area contributed by atoms with Crippen molar-refractivity contribution in [1.29, 1.82) is 0 Å². The lowest BCUT2D eigenvalue weighted by Crippen LogP contribution is -3.00. The summed E-state index contributed by atoms with van der Waals surface area (Å²) >= 11 is 1.58. The number of hydrogen-bond acceptors (Lipinski definition) is 6. The Morgan fingerprint density at radius 1 is 1.15 bits per heavy atom. The zero-order chi connectivity index (χ0) is 18.5. The van der Waals surface area contributed by atoms with Gasteiger partial charge in [0.25, 0.3) is 0 Å². The van der Waals surface area contributed by atoms with Crippen molar-refractivity contribution >= 4 is 38.1 Å². The molecular weight excluding hydrogens is 384 g/mol. The summed E-state index contributed by atoms with van der Waals surface area (Å²) in [6.07, 6.45) is 0. The van der Waals surface area contributed by atoms with E-state index in [4.69, 9.17) is 9.84 Å². The van der Waals surface area contributed by atoms with Gasteiger partial charge in [-0.3, -0.25) is 0 Å². The van der Waals surface area contributed by atoms with Gasteiger partial charge in [0.05, 0.1) is 30.6 Å². The maximum atomic E-state index is 9.13. The number of thiazole rings is 1. The summed E-state index contributed by atoms with van der Waals surface area (Å²) in [6.45, 7) is 3.68. The van der Waals surface area contributed by atoms with Crippen LogP contribution in [0.4, 0.5) is 16.5 Å².